The van der Waals surface area contributed by atoms with Crippen molar-refractivity contribution in [2.45, 2.75) is 6.42 Å². The van der Waals surface area contributed by atoms with Crippen LogP contribution in [0.5, 0.6) is 0 Å². The predicted molar refractivity (Wildman–Crippen MR) is 40.5 cm³/mol. The minimum Gasteiger partial charge on any atom is -0.303 e. The van der Waals surface area contributed by atoms with Gasteiger partial charge in [0.05, 0.1) is 0 Å². The Labute approximate surface area is 64.9 Å². The molecule has 0 spiro atoms. The largest absolute Gasteiger partial charge is 0.303 e. The summed E-state index contributed by atoms with van der Waals surface area (Å²) in [6.45, 7) is 0. The van der Waals surface area contributed by atoms with Gasteiger partial charge in [0.25, 0.3) is 0 Å². The summed E-state index contributed by atoms with van der Waals surface area (Å²) in [4.78, 5) is 9.94. The molecule has 1 radical (unpaired) electrons. The molecule has 0 heterocycles. The third-order valence-electron chi connectivity index (χ3n) is 1.30. The van der Waals surface area contributed by atoms with E-state index in [0.717, 1.165) is 11.8 Å². The van der Waals surface area contributed by atoms with Crippen molar-refractivity contribution in [1.82, 2.24) is 0 Å². The number of aldehydes is 1. The average Bonchev–Trinajstić information content (AvgIpc) is 2.01. The Bertz CT molecular complexity index is 245. The molecule has 0 aliphatic carbocycles. The van der Waals surface area contributed by atoms with Gasteiger partial charge in [-0.25, -0.2) is 4.39 Å². The highest BCUT2D eigenvalue weighted by Crippen LogP contribution is 2.06. The Morgan fingerprint density at radius 2 is 2.27 bits per heavy atom. The van der Waals surface area contributed by atoms with Crippen molar-refractivity contribution in [2.24, 2.45) is 0 Å². The van der Waals surface area contributed by atoms with Crippen LogP contribution in [0.15, 0.2) is 24.3 Å². The molecule has 57 valence electrons. The second-order valence-corrected chi connectivity index (χ2v) is 2.16. The zero-order chi connectivity index (χ0) is 8.10. The molecule has 0 aliphatic heterocycles. The predicted octanol–water partition coefficient (Wildman–Crippen LogP) is 1.97. The van der Waals surface area contributed by atoms with Crippen molar-refractivity contribution in [2.75, 3.05) is 0 Å². The minimum atomic E-state index is -0.273. The molecule has 0 saturated heterocycles. The molecular weight excluding hydrogens is 143 g/mol. The van der Waals surface area contributed by atoms with Crippen molar-refractivity contribution in [3.05, 3.63) is 42.1 Å². The van der Waals surface area contributed by atoms with Gasteiger partial charge >= 0.3 is 0 Å². The third-order valence-corrected chi connectivity index (χ3v) is 1.30. The summed E-state index contributed by atoms with van der Waals surface area (Å²) in [5.74, 6) is -0.273. The maximum Gasteiger partial charge on any atom is 0.123 e. The fraction of sp³-hybridized carbons (Fsp3) is 0.111. The van der Waals surface area contributed by atoms with Gasteiger partial charge in [0.15, 0.2) is 0 Å². The summed E-state index contributed by atoms with van der Waals surface area (Å²) in [5.41, 5.74) is 0.747. The van der Waals surface area contributed by atoms with E-state index in [0.29, 0.717) is 6.42 Å². The van der Waals surface area contributed by atoms with Crippen LogP contribution in [-0.4, -0.2) is 6.29 Å². The van der Waals surface area contributed by atoms with Crippen LogP contribution in [0, 0.1) is 12.2 Å². The van der Waals surface area contributed by atoms with E-state index in [1.807, 2.05) is 0 Å². The molecule has 1 nitrogen and oxygen atoms in total. The Kier molecular flexibility index (Phi) is 2.78. The molecule has 0 aromatic heterocycles. The summed E-state index contributed by atoms with van der Waals surface area (Å²) < 4.78 is 12.5. The number of rotatable bonds is 3. The van der Waals surface area contributed by atoms with Crippen LogP contribution < -0.4 is 0 Å². The average molecular weight is 151 g/mol. The molecule has 0 aliphatic rings. The lowest BCUT2D eigenvalue weighted by molar-refractivity contribution is -0.107. The molecule has 0 saturated carbocycles. The topological polar surface area (TPSA) is 17.1 Å². The van der Waals surface area contributed by atoms with E-state index in [9.17, 15) is 9.18 Å². The van der Waals surface area contributed by atoms with E-state index in [4.69, 9.17) is 0 Å². The molecule has 0 fully saturated rings. The van der Waals surface area contributed by atoms with Crippen LogP contribution in [0.2, 0.25) is 0 Å². The minimum absolute atomic E-state index is 0.273. The van der Waals surface area contributed by atoms with Crippen LogP contribution in [-0.2, 0) is 4.79 Å². The molecule has 1 aromatic carbocycles. The first-order valence-corrected chi connectivity index (χ1v) is 3.35. The van der Waals surface area contributed by atoms with E-state index < -0.39 is 0 Å². The summed E-state index contributed by atoms with van der Waals surface area (Å²) in [6, 6.07) is 6.14. The third kappa shape index (κ3) is 2.50. The molecule has 0 unspecified atom stereocenters. The van der Waals surface area contributed by atoms with E-state index >= 15 is 0 Å². The van der Waals surface area contributed by atoms with E-state index in [1.165, 1.54) is 12.1 Å². The highest BCUT2D eigenvalue weighted by atomic mass is 19.1. The number of carbonyl (C=O) groups excluding carboxylic acids is 1. The Morgan fingerprint density at radius 3 is 2.91 bits per heavy atom. The van der Waals surface area contributed by atoms with E-state index in [1.54, 1.807) is 18.6 Å². The maximum atomic E-state index is 12.5. The zero-order valence-electron chi connectivity index (χ0n) is 5.96. The number of hydrogen-bond acceptors (Lipinski definition) is 1. The smallest absolute Gasteiger partial charge is 0.123 e. The molecule has 1 aromatic rings. The highest BCUT2D eigenvalue weighted by molar-refractivity contribution is 5.53. The molecule has 2 heteroatoms. The Balaban J connectivity index is 2.63. The first-order valence-electron chi connectivity index (χ1n) is 3.35. The molecule has 0 amide bonds. The van der Waals surface area contributed by atoms with E-state index in [-0.39, 0.29) is 5.82 Å². The number of hydrogen-bond donors (Lipinski definition) is 0. The van der Waals surface area contributed by atoms with Gasteiger partial charge in [0.2, 0.25) is 0 Å². The van der Waals surface area contributed by atoms with E-state index in [2.05, 4.69) is 0 Å². The van der Waals surface area contributed by atoms with Gasteiger partial charge < -0.3 is 4.79 Å². The van der Waals surface area contributed by atoms with Crippen LogP contribution in [0.3, 0.4) is 0 Å². The molecular formula is C9H8FO. The number of halogens is 1. The summed E-state index contributed by atoms with van der Waals surface area (Å²) in [6.07, 6.45) is 2.80. The van der Waals surface area contributed by atoms with Crippen molar-refractivity contribution >= 4 is 6.29 Å². The number of carbonyl (C=O) groups is 1. The molecule has 0 bridgehead atoms. The van der Waals surface area contributed by atoms with Crippen molar-refractivity contribution < 1.29 is 9.18 Å². The van der Waals surface area contributed by atoms with Crippen LogP contribution in [0.4, 0.5) is 4.39 Å². The first kappa shape index (κ1) is 7.92. The van der Waals surface area contributed by atoms with Gasteiger partial charge in [-0.15, -0.1) is 0 Å². The van der Waals surface area contributed by atoms with Gasteiger partial charge in [-0.1, -0.05) is 12.1 Å². The normalized spacial score (nSPS) is 9.55. The van der Waals surface area contributed by atoms with Crippen LogP contribution in [0.1, 0.15) is 12.0 Å². The SMILES string of the molecule is O=CC[CH]c1cccc(F)c1. The molecule has 0 atom stereocenters. The molecule has 0 N–H and O–H groups in total. The standard InChI is InChI=1S/C9H8FO/c10-9-5-1-3-8(7-9)4-2-6-11/h1,3-7H,2H2. The summed E-state index contributed by atoms with van der Waals surface area (Å²) >= 11 is 0. The lowest BCUT2D eigenvalue weighted by atomic mass is 10.1. The molecule has 1 rings (SSSR count). The lowest BCUT2D eigenvalue weighted by Crippen LogP contribution is -1.83. The Hall–Kier alpha value is -1.18. The highest BCUT2D eigenvalue weighted by Gasteiger charge is 1.93. The second-order valence-electron chi connectivity index (χ2n) is 2.16. The van der Waals surface area contributed by atoms with Gasteiger partial charge in [0, 0.05) is 6.42 Å². The van der Waals surface area contributed by atoms with Crippen molar-refractivity contribution in [3.63, 3.8) is 0 Å². The summed E-state index contributed by atoms with van der Waals surface area (Å²) in [5, 5.41) is 0. The summed E-state index contributed by atoms with van der Waals surface area (Å²) in [7, 11) is 0. The molecule has 11 heavy (non-hydrogen) atoms. The second kappa shape index (κ2) is 3.86. The van der Waals surface area contributed by atoms with Gasteiger partial charge in [-0.2, -0.15) is 0 Å². The van der Waals surface area contributed by atoms with Crippen molar-refractivity contribution in [3.8, 4) is 0 Å². The van der Waals surface area contributed by atoms with Gasteiger partial charge in [-0.05, 0) is 24.1 Å². The van der Waals surface area contributed by atoms with Crippen LogP contribution >= 0.6 is 0 Å². The van der Waals surface area contributed by atoms with Gasteiger partial charge in [0.1, 0.15) is 12.1 Å². The van der Waals surface area contributed by atoms with Crippen molar-refractivity contribution in [1.29, 1.82) is 0 Å². The Morgan fingerprint density at radius 1 is 1.45 bits per heavy atom. The fourth-order valence-electron chi connectivity index (χ4n) is 0.818. The quantitative estimate of drug-likeness (QED) is 0.603. The monoisotopic (exact) mass is 151 g/mol. The van der Waals surface area contributed by atoms with Crippen LogP contribution in [0.25, 0.3) is 0 Å². The fourth-order valence-corrected chi connectivity index (χ4v) is 0.818. The number of benzene rings is 1. The maximum absolute atomic E-state index is 12.5. The zero-order valence-corrected chi connectivity index (χ0v) is 5.96. The lowest BCUT2D eigenvalue weighted by Gasteiger charge is -1.95. The van der Waals surface area contributed by atoms with Gasteiger partial charge in [-0.3, -0.25) is 0 Å². The first-order chi connectivity index (χ1) is 5.33.